The molecule has 3 nitrogen and oxygen atoms in total. The van der Waals surface area contributed by atoms with Gasteiger partial charge in [0.25, 0.3) is 0 Å². The molecule has 1 fully saturated rings. The summed E-state index contributed by atoms with van der Waals surface area (Å²) < 4.78 is 2.35. The van der Waals surface area contributed by atoms with Crippen molar-refractivity contribution in [2.45, 2.75) is 58.0 Å². The first kappa shape index (κ1) is 12.7. The van der Waals surface area contributed by atoms with E-state index in [1.807, 2.05) is 0 Å². The highest BCUT2D eigenvalue weighted by Gasteiger charge is 2.34. The van der Waals surface area contributed by atoms with Crippen LogP contribution in [0.4, 0.5) is 0 Å². The molecule has 1 aromatic carbocycles. The summed E-state index contributed by atoms with van der Waals surface area (Å²) in [6.07, 6.45) is 4.43. The maximum atomic E-state index is 6.40. The van der Waals surface area contributed by atoms with Crippen LogP contribution in [0.15, 0.2) is 18.2 Å². The Hall–Kier alpha value is -1.35. The predicted molar refractivity (Wildman–Crippen MR) is 79.3 cm³/mol. The second kappa shape index (κ2) is 4.34. The average Bonchev–Trinajstić information content (AvgIpc) is 2.63. The van der Waals surface area contributed by atoms with Gasteiger partial charge in [0.05, 0.1) is 11.0 Å². The topological polar surface area (TPSA) is 43.8 Å². The van der Waals surface area contributed by atoms with Crippen molar-refractivity contribution < 1.29 is 0 Å². The molecule has 102 valence electrons. The third-order valence-electron chi connectivity index (χ3n) is 4.29. The SMILES string of the molecule is Cc1ccc2c(c1)nc(CC1(N)CCC1)n2C(C)C. The maximum Gasteiger partial charge on any atom is 0.111 e. The lowest BCUT2D eigenvalue weighted by atomic mass is 9.75. The van der Waals surface area contributed by atoms with Crippen LogP contribution in [0.1, 0.15) is 50.5 Å². The van der Waals surface area contributed by atoms with Crippen LogP contribution < -0.4 is 5.73 Å². The minimum atomic E-state index is -0.0109. The van der Waals surface area contributed by atoms with E-state index >= 15 is 0 Å². The molecule has 19 heavy (non-hydrogen) atoms. The molecule has 3 rings (SSSR count). The van der Waals surface area contributed by atoms with Crippen molar-refractivity contribution in [1.82, 2.24) is 9.55 Å². The third kappa shape index (κ3) is 2.16. The Morgan fingerprint density at radius 2 is 2.11 bits per heavy atom. The molecule has 0 amide bonds. The van der Waals surface area contributed by atoms with E-state index in [1.54, 1.807) is 0 Å². The van der Waals surface area contributed by atoms with E-state index in [-0.39, 0.29) is 5.54 Å². The van der Waals surface area contributed by atoms with Gasteiger partial charge in [0.2, 0.25) is 0 Å². The summed E-state index contributed by atoms with van der Waals surface area (Å²) >= 11 is 0. The minimum absolute atomic E-state index is 0.0109. The Kier molecular flexibility index (Phi) is 2.90. The highest BCUT2D eigenvalue weighted by atomic mass is 15.1. The number of aromatic nitrogens is 2. The van der Waals surface area contributed by atoms with Crippen LogP contribution in [-0.4, -0.2) is 15.1 Å². The van der Waals surface area contributed by atoms with Gasteiger partial charge in [0, 0.05) is 18.0 Å². The number of benzene rings is 1. The van der Waals surface area contributed by atoms with Crippen LogP contribution in [0.3, 0.4) is 0 Å². The molecule has 0 saturated heterocycles. The summed E-state index contributed by atoms with van der Waals surface area (Å²) in [6, 6.07) is 6.94. The average molecular weight is 257 g/mol. The Morgan fingerprint density at radius 1 is 1.37 bits per heavy atom. The van der Waals surface area contributed by atoms with Crippen LogP contribution in [0.25, 0.3) is 11.0 Å². The number of rotatable bonds is 3. The van der Waals surface area contributed by atoms with Gasteiger partial charge in [-0.25, -0.2) is 4.98 Å². The summed E-state index contributed by atoms with van der Waals surface area (Å²) in [7, 11) is 0. The second-order valence-corrected chi connectivity index (χ2v) is 6.38. The van der Waals surface area contributed by atoms with Crippen molar-refractivity contribution in [2.75, 3.05) is 0 Å². The number of fused-ring (bicyclic) bond motifs is 1. The van der Waals surface area contributed by atoms with E-state index in [0.29, 0.717) is 6.04 Å². The van der Waals surface area contributed by atoms with E-state index in [9.17, 15) is 0 Å². The fourth-order valence-corrected chi connectivity index (χ4v) is 3.08. The maximum absolute atomic E-state index is 6.40. The monoisotopic (exact) mass is 257 g/mol. The number of imidazole rings is 1. The Labute approximate surface area is 114 Å². The molecule has 1 saturated carbocycles. The predicted octanol–water partition coefficient (Wildman–Crippen LogP) is 3.35. The normalized spacial score (nSPS) is 17.9. The van der Waals surface area contributed by atoms with E-state index in [4.69, 9.17) is 10.7 Å². The van der Waals surface area contributed by atoms with Crippen LogP contribution in [0, 0.1) is 6.92 Å². The molecule has 0 spiro atoms. The van der Waals surface area contributed by atoms with E-state index < -0.39 is 0 Å². The van der Waals surface area contributed by atoms with Gasteiger partial charge in [-0.15, -0.1) is 0 Å². The third-order valence-corrected chi connectivity index (χ3v) is 4.29. The van der Waals surface area contributed by atoms with Crippen molar-refractivity contribution in [3.05, 3.63) is 29.6 Å². The quantitative estimate of drug-likeness (QED) is 0.916. The molecule has 0 aliphatic heterocycles. The Bertz CT molecular complexity index is 606. The molecule has 0 unspecified atom stereocenters. The fraction of sp³-hybridized carbons (Fsp3) is 0.562. The van der Waals surface area contributed by atoms with Crippen LogP contribution in [0.2, 0.25) is 0 Å². The van der Waals surface area contributed by atoms with Crippen molar-refractivity contribution in [2.24, 2.45) is 5.73 Å². The van der Waals surface area contributed by atoms with Gasteiger partial charge in [-0.1, -0.05) is 6.07 Å². The standard InChI is InChI=1S/C16H23N3/c1-11(2)19-14-6-5-12(3)9-13(14)18-15(19)10-16(17)7-4-8-16/h5-6,9,11H,4,7-8,10,17H2,1-3H3. The van der Waals surface area contributed by atoms with Crippen LogP contribution in [0.5, 0.6) is 0 Å². The van der Waals surface area contributed by atoms with Crippen molar-refractivity contribution >= 4 is 11.0 Å². The number of aryl methyl sites for hydroxylation is 1. The van der Waals surface area contributed by atoms with Gasteiger partial charge in [0.15, 0.2) is 0 Å². The minimum Gasteiger partial charge on any atom is -0.325 e. The fourth-order valence-electron chi connectivity index (χ4n) is 3.08. The summed E-state index contributed by atoms with van der Waals surface area (Å²) in [6.45, 7) is 6.55. The van der Waals surface area contributed by atoms with Gasteiger partial charge in [-0.05, 0) is 57.7 Å². The smallest absolute Gasteiger partial charge is 0.111 e. The molecular formula is C16H23N3. The molecule has 0 radical (unpaired) electrons. The van der Waals surface area contributed by atoms with Gasteiger partial charge in [0.1, 0.15) is 5.82 Å². The second-order valence-electron chi connectivity index (χ2n) is 6.38. The van der Waals surface area contributed by atoms with Crippen molar-refractivity contribution in [3.8, 4) is 0 Å². The zero-order valence-corrected chi connectivity index (χ0v) is 12.1. The molecule has 2 aromatic rings. The summed E-state index contributed by atoms with van der Waals surface area (Å²) in [5.74, 6) is 1.15. The molecule has 1 aromatic heterocycles. The summed E-state index contributed by atoms with van der Waals surface area (Å²) in [4.78, 5) is 4.84. The van der Waals surface area contributed by atoms with E-state index in [1.165, 1.54) is 17.5 Å². The molecular weight excluding hydrogens is 234 g/mol. The lowest BCUT2D eigenvalue weighted by Crippen LogP contribution is -2.49. The van der Waals surface area contributed by atoms with Gasteiger partial charge in [-0.3, -0.25) is 0 Å². The van der Waals surface area contributed by atoms with E-state index in [0.717, 1.165) is 30.6 Å². The molecule has 1 aliphatic rings. The summed E-state index contributed by atoms with van der Waals surface area (Å²) in [5, 5.41) is 0. The van der Waals surface area contributed by atoms with Crippen LogP contribution >= 0.6 is 0 Å². The Morgan fingerprint density at radius 3 is 2.68 bits per heavy atom. The molecule has 0 atom stereocenters. The van der Waals surface area contributed by atoms with Crippen molar-refractivity contribution in [3.63, 3.8) is 0 Å². The lowest BCUT2D eigenvalue weighted by Gasteiger charge is -2.38. The lowest BCUT2D eigenvalue weighted by molar-refractivity contribution is 0.240. The number of nitrogens with zero attached hydrogens (tertiary/aromatic N) is 2. The van der Waals surface area contributed by atoms with Crippen molar-refractivity contribution in [1.29, 1.82) is 0 Å². The molecule has 1 heterocycles. The van der Waals surface area contributed by atoms with E-state index in [2.05, 4.69) is 43.5 Å². The highest BCUT2D eigenvalue weighted by Crippen LogP contribution is 2.33. The molecule has 3 heteroatoms. The number of hydrogen-bond donors (Lipinski definition) is 1. The van der Waals surface area contributed by atoms with Gasteiger partial charge < -0.3 is 10.3 Å². The zero-order chi connectivity index (χ0) is 13.6. The van der Waals surface area contributed by atoms with Crippen LogP contribution in [-0.2, 0) is 6.42 Å². The largest absolute Gasteiger partial charge is 0.325 e. The first-order valence-corrected chi connectivity index (χ1v) is 7.25. The highest BCUT2D eigenvalue weighted by molar-refractivity contribution is 5.77. The molecule has 2 N–H and O–H groups in total. The zero-order valence-electron chi connectivity index (χ0n) is 12.1. The molecule has 0 bridgehead atoms. The summed E-state index contributed by atoms with van der Waals surface area (Å²) in [5.41, 5.74) is 9.99. The first-order valence-electron chi connectivity index (χ1n) is 7.25. The van der Waals surface area contributed by atoms with Gasteiger partial charge in [-0.2, -0.15) is 0 Å². The number of nitrogens with two attached hydrogens (primary N) is 1. The number of hydrogen-bond acceptors (Lipinski definition) is 2. The first-order chi connectivity index (χ1) is 8.98. The van der Waals surface area contributed by atoms with Gasteiger partial charge >= 0.3 is 0 Å². The molecule has 1 aliphatic carbocycles. The Balaban J connectivity index is 2.09.